The number of hydrogen-bond donors (Lipinski definition) is 1. The number of nitrogens with one attached hydrogen (secondary N) is 1. The lowest BCUT2D eigenvalue weighted by atomic mass is 10.1. The van der Waals surface area contributed by atoms with Gasteiger partial charge >= 0.3 is 0 Å². The van der Waals surface area contributed by atoms with E-state index in [0.29, 0.717) is 0 Å². The van der Waals surface area contributed by atoms with Crippen LogP contribution in [0.15, 0.2) is 236 Å². The van der Waals surface area contributed by atoms with Crippen LogP contribution in [-0.2, 0) is 6.42 Å². The summed E-state index contributed by atoms with van der Waals surface area (Å²) in [5.74, 6) is 0. The lowest BCUT2D eigenvalue weighted by molar-refractivity contribution is 1.09. The van der Waals surface area contributed by atoms with E-state index >= 15 is 0 Å². The third-order valence-corrected chi connectivity index (χ3v) is 13.2. The van der Waals surface area contributed by atoms with Crippen LogP contribution in [-0.4, -0.2) is 39.0 Å². The third kappa shape index (κ3) is 7.94. The normalized spacial score (nSPS) is 11.5. The summed E-state index contributed by atoms with van der Waals surface area (Å²) in [6.07, 6.45) is 10.2. The molecule has 0 radical (unpaired) electrons. The number of halogens is 1. The van der Waals surface area contributed by atoms with Crippen molar-refractivity contribution in [2.24, 2.45) is 0 Å². The fraction of sp³-hybridized carbons (Fsp3) is 0.0167. The van der Waals surface area contributed by atoms with Gasteiger partial charge in [-0.3, -0.25) is 19.5 Å². The molecule has 0 bridgehead atoms. The van der Waals surface area contributed by atoms with E-state index in [-0.39, 0.29) is 0 Å². The number of fused-ring (bicyclic) bond motifs is 10. The van der Waals surface area contributed by atoms with Gasteiger partial charge in [0.2, 0.25) is 0 Å². The molecule has 13 aromatic rings. The Labute approximate surface area is 406 Å². The fourth-order valence-corrected chi connectivity index (χ4v) is 9.90. The van der Waals surface area contributed by atoms with Gasteiger partial charge in [-0.05, 0) is 119 Å². The Morgan fingerprint density at radius 3 is 1.80 bits per heavy atom. The molecule has 1 aliphatic carbocycles. The second-order valence-corrected chi connectivity index (χ2v) is 17.7. The maximum atomic E-state index is 5.00. The summed E-state index contributed by atoms with van der Waals surface area (Å²) in [6, 6.07) is 68.9. The molecule has 0 fully saturated rings. The summed E-state index contributed by atoms with van der Waals surface area (Å²) >= 11 is 3.43. The zero-order valence-corrected chi connectivity index (χ0v) is 38.7. The minimum Gasteiger partial charge on any atom is -0.345 e. The lowest BCUT2D eigenvalue weighted by Crippen LogP contribution is -1.96. The molecule has 0 atom stereocenters. The van der Waals surface area contributed by atoms with Crippen molar-refractivity contribution in [3.05, 3.63) is 247 Å². The fourth-order valence-electron chi connectivity index (χ4n) is 9.50. The van der Waals surface area contributed by atoms with E-state index in [1.165, 1.54) is 33.0 Å². The zero-order valence-electron chi connectivity index (χ0n) is 37.2. The van der Waals surface area contributed by atoms with Gasteiger partial charge in [0.05, 0.1) is 51.0 Å². The highest BCUT2D eigenvalue weighted by Crippen LogP contribution is 2.40. The molecule has 8 nitrogen and oxygen atoms in total. The van der Waals surface area contributed by atoms with E-state index < -0.39 is 0 Å². The van der Waals surface area contributed by atoms with Gasteiger partial charge in [0.15, 0.2) is 0 Å². The number of rotatable bonds is 5. The monoisotopic (exact) mass is 952 g/mol. The van der Waals surface area contributed by atoms with Crippen LogP contribution < -0.4 is 0 Å². The molecule has 7 aromatic carbocycles. The summed E-state index contributed by atoms with van der Waals surface area (Å²) < 4.78 is 5.57. The van der Waals surface area contributed by atoms with Gasteiger partial charge in [0, 0.05) is 68.3 Å². The topological polar surface area (TPSA) is 90.1 Å². The van der Waals surface area contributed by atoms with E-state index in [1.807, 2.05) is 91.5 Å². The van der Waals surface area contributed by atoms with Crippen molar-refractivity contribution in [3.63, 3.8) is 0 Å². The van der Waals surface area contributed by atoms with Gasteiger partial charge in [0.1, 0.15) is 11.8 Å². The molecule has 6 heterocycles. The SMILES string of the molecule is Brc1cccc(-c2ccccn2)c1.c1ccc(-c2cccc(-n3cnc4c3ccc3c5ccccc5n(-c5cccc(-c6ccccn6)c5)c34)c2)nc1.c1ccc2c(c1)Cc1c-2ccc2[nH]cnc12. The highest BCUT2D eigenvalue weighted by atomic mass is 79.9. The minimum absolute atomic E-state index is 0.948. The van der Waals surface area contributed by atoms with Crippen molar-refractivity contribution in [1.82, 2.24) is 39.0 Å². The number of nitrogens with zero attached hydrogens (tertiary/aromatic N) is 7. The Morgan fingerprint density at radius 1 is 0.449 bits per heavy atom. The van der Waals surface area contributed by atoms with E-state index in [9.17, 15) is 0 Å². The van der Waals surface area contributed by atoms with Crippen molar-refractivity contribution < 1.29 is 0 Å². The molecule has 0 saturated carbocycles. The number of benzene rings is 7. The maximum absolute atomic E-state index is 5.00. The molecule has 14 rings (SSSR count). The van der Waals surface area contributed by atoms with Gasteiger partial charge in [0.25, 0.3) is 0 Å². The smallest absolute Gasteiger partial charge is 0.113 e. The van der Waals surface area contributed by atoms with E-state index in [4.69, 9.17) is 4.98 Å². The lowest BCUT2D eigenvalue weighted by Gasteiger charge is -2.11. The van der Waals surface area contributed by atoms with Crippen LogP contribution >= 0.6 is 15.9 Å². The first-order valence-electron chi connectivity index (χ1n) is 22.8. The Hall–Kier alpha value is -8.79. The number of aromatic amines is 1. The zero-order chi connectivity index (χ0) is 46.1. The van der Waals surface area contributed by atoms with E-state index in [0.717, 1.165) is 89.1 Å². The number of hydrogen-bond acceptors (Lipinski definition) is 5. The number of aromatic nitrogens is 8. The molecule has 0 aliphatic heterocycles. The third-order valence-electron chi connectivity index (χ3n) is 12.7. The van der Waals surface area contributed by atoms with Crippen LogP contribution in [0.1, 0.15) is 11.1 Å². The molecule has 0 unspecified atom stereocenters. The van der Waals surface area contributed by atoms with Crippen molar-refractivity contribution in [3.8, 4) is 56.3 Å². The van der Waals surface area contributed by atoms with Gasteiger partial charge in [-0.15, -0.1) is 0 Å². The van der Waals surface area contributed by atoms with Crippen LogP contribution in [0.3, 0.4) is 0 Å². The van der Waals surface area contributed by atoms with Crippen LogP contribution in [0, 0.1) is 0 Å². The van der Waals surface area contributed by atoms with Crippen molar-refractivity contribution in [2.75, 3.05) is 0 Å². The maximum Gasteiger partial charge on any atom is 0.113 e. The summed E-state index contributed by atoms with van der Waals surface area (Å²) in [7, 11) is 0. The highest BCUT2D eigenvalue weighted by Gasteiger charge is 2.21. The average Bonchev–Trinajstić information content (AvgIpc) is 4.23. The average molecular weight is 954 g/mol. The summed E-state index contributed by atoms with van der Waals surface area (Å²) in [5.41, 5.74) is 20.3. The second-order valence-electron chi connectivity index (χ2n) is 16.8. The standard InChI is InChI=1S/C35H23N5.C14H10N2.C11H8BrN/c1-2-16-32-28(13-1)29-17-18-33-34(35(29)40(32)27-12-8-10-25(22-27)31-15-4-6-20-37-31)38-23-39(33)26-11-7-9-24(21-26)30-14-3-5-19-36-30;1-2-4-10-9(3-1)7-12-11(10)5-6-13-14(12)16-8-15-13;12-10-5-3-4-9(8-10)11-6-1-2-7-13-11/h1-23H;1-6,8H,7H2,(H,15,16);1-8H. The van der Waals surface area contributed by atoms with Crippen LogP contribution in [0.5, 0.6) is 0 Å². The van der Waals surface area contributed by atoms with Crippen molar-refractivity contribution in [2.45, 2.75) is 6.42 Å². The Kier molecular flexibility index (Phi) is 10.9. The predicted molar refractivity (Wildman–Crippen MR) is 284 cm³/mol. The first-order valence-corrected chi connectivity index (χ1v) is 23.6. The van der Waals surface area contributed by atoms with E-state index in [1.54, 1.807) is 12.5 Å². The molecule has 69 heavy (non-hydrogen) atoms. The Bertz CT molecular complexity index is 3950. The van der Waals surface area contributed by atoms with Gasteiger partial charge in [-0.25, -0.2) is 9.97 Å². The number of para-hydroxylation sites is 1. The van der Waals surface area contributed by atoms with Crippen LogP contribution in [0.2, 0.25) is 0 Å². The highest BCUT2D eigenvalue weighted by molar-refractivity contribution is 9.10. The molecule has 1 aliphatic rings. The van der Waals surface area contributed by atoms with Gasteiger partial charge < -0.3 is 9.55 Å². The van der Waals surface area contributed by atoms with Gasteiger partial charge in [-0.1, -0.05) is 119 Å². The number of H-pyrrole nitrogens is 1. The summed E-state index contributed by atoms with van der Waals surface area (Å²) in [4.78, 5) is 26.0. The molecule has 0 saturated heterocycles. The molecule has 0 spiro atoms. The summed E-state index contributed by atoms with van der Waals surface area (Å²) in [5, 5.41) is 2.38. The second kappa shape index (κ2) is 18.1. The molecule has 6 aromatic heterocycles. The molecule has 1 N–H and O–H groups in total. The predicted octanol–water partition coefficient (Wildman–Crippen LogP) is 14.9. The van der Waals surface area contributed by atoms with Crippen LogP contribution in [0.25, 0.3) is 100 Å². The molecule has 9 heteroatoms. The van der Waals surface area contributed by atoms with Crippen molar-refractivity contribution >= 4 is 59.8 Å². The van der Waals surface area contributed by atoms with Crippen LogP contribution in [0.4, 0.5) is 0 Å². The van der Waals surface area contributed by atoms with Gasteiger partial charge in [-0.2, -0.15) is 0 Å². The quantitative estimate of drug-likeness (QED) is 0.186. The van der Waals surface area contributed by atoms with E-state index in [2.05, 4.69) is 177 Å². The first-order chi connectivity index (χ1) is 34.1. The molecular weight excluding hydrogens is 913 g/mol. The molecular formula is C60H41BrN8. The largest absolute Gasteiger partial charge is 0.345 e. The number of imidazole rings is 2. The summed E-state index contributed by atoms with van der Waals surface area (Å²) in [6.45, 7) is 0. The Morgan fingerprint density at radius 2 is 1.09 bits per heavy atom. The molecule has 328 valence electrons. The number of pyridine rings is 3. The minimum atomic E-state index is 0.948. The molecule has 0 amide bonds. The first kappa shape index (κ1) is 41.6. The van der Waals surface area contributed by atoms with Crippen molar-refractivity contribution in [1.29, 1.82) is 0 Å². The Balaban J connectivity index is 0.000000137.